The van der Waals surface area contributed by atoms with Crippen molar-refractivity contribution in [1.82, 2.24) is 0 Å². The average Bonchev–Trinajstić information content (AvgIpc) is 2.26. The SMILES string of the molecule is CC.CC.CC.Cc1cccc(N)c1. The van der Waals surface area contributed by atoms with E-state index in [2.05, 4.69) is 0 Å². The first-order chi connectivity index (χ1) is 6.79. The first kappa shape index (κ1) is 18.7. The molecule has 0 unspecified atom stereocenters. The highest BCUT2D eigenvalue weighted by Crippen LogP contribution is 2.03. The van der Waals surface area contributed by atoms with Crippen LogP contribution in [0, 0.1) is 6.92 Å². The number of benzene rings is 1. The summed E-state index contributed by atoms with van der Waals surface area (Å²) < 4.78 is 0. The first-order valence-corrected chi connectivity index (χ1v) is 5.61. The molecule has 1 aromatic rings. The lowest BCUT2D eigenvalue weighted by Crippen LogP contribution is -1.82. The second kappa shape index (κ2) is 17.9. The lowest BCUT2D eigenvalue weighted by Gasteiger charge is -1.91. The van der Waals surface area contributed by atoms with Crippen LogP contribution in [0.3, 0.4) is 0 Å². The van der Waals surface area contributed by atoms with Gasteiger partial charge in [0, 0.05) is 5.69 Å². The number of nitrogens with two attached hydrogens (primary N) is 1. The molecule has 14 heavy (non-hydrogen) atoms. The number of nitrogen functional groups attached to an aromatic ring is 1. The van der Waals surface area contributed by atoms with E-state index in [1.165, 1.54) is 5.56 Å². The van der Waals surface area contributed by atoms with Gasteiger partial charge in [0.05, 0.1) is 0 Å². The van der Waals surface area contributed by atoms with Crippen LogP contribution in [0.5, 0.6) is 0 Å². The highest BCUT2D eigenvalue weighted by atomic mass is 14.5. The van der Waals surface area contributed by atoms with Crippen LogP contribution in [0.1, 0.15) is 47.1 Å². The smallest absolute Gasteiger partial charge is 0.0316 e. The molecule has 0 saturated carbocycles. The van der Waals surface area contributed by atoms with Gasteiger partial charge < -0.3 is 5.73 Å². The average molecular weight is 197 g/mol. The fourth-order valence-electron chi connectivity index (χ4n) is 0.670. The summed E-state index contributed by atoms with van der Waals surface area (Å²) in [4.78, 5) is 0. The molecule has 0 heterocycles. The Kier molecular flexibility index (Phi) is 24.0. The minimum Gasteiger partial charge on any atom is -0.399 e. The minimum atomic E-state index is 0.838. The Labute approximate surface area is 90.3 Å². The number of anilines is 1. The first-order valence-electron chi connectivity index (χ1n) is 5.61. The van der Waals surface area contributed by atoms with Gasteiger partial charge >= 0.3 is 0 Å². The number of hydrogen-bond donors (Lipinski definition) is 1. The molecule has 0 aliphatic carbocycles. The maximum Gasteiger partial charge on any atom is 0.0316 e. The van der Waals surface area contributed by atoms with Crippen LogP contribution in [0.4, 0.5) is 5.69 Å². The lowest BCUT2D eigenvalue weighted by atomic mass is 10.2. The van der Waals surface area contributed by atoms with Crippen LogP contribution in [0.25, 0.3) is 0 Å². The molecule has 0 radical (unpaired) electrons. The van der Waals surface area contributed by atoms with Crippen molar-refractivity contribution in [2.24, 2.45) is 0 Å². The van der Waals surface area contributed by atoms with Gasteiger partial charge in [0.1, 0.15) is 0 Å². The zero-order valence-corrected chi connectivity index (χ0v) is 10.9. The largest absolute Gasteiger partial charge is 0.399 e. The van der Waals surface area contributed by atoms with Crippen LogP contribution in [-0.2, 0) is 0 Å². The zero-order valence-electron chi connectivity index (χ0n) is 10.9. The van der Waals surface area contributed by atoms with Gasteiger partial charge in [-0.15, -0.1) is 0 Å². The molecule has 1 heteroatoms. The van der Waals surface area contributed by atoms with Gasteiger partial charge in [0.15, 0.2) is 0 Å². The Morgan fingerprint density at radius 1 is 0.857 bits per heavy atom. The summed E-state index contributed by atoms with van der Waals surface area (Å²) in [5.41, 5.74) is 7.51. The van der Waals surface area contributed by atoms with Crippen LogP contribution >= 0.6 is 0 Å². The predicted molar refractivity (Wildman–Crippen MR) is 69.6 cm³/mol. The number of hydrogen-bond acceptors (Lipinski definition) is 1. The molecule has 0 bridgehead atoms. The van der Waals surface area contributed by atoms with Crippen molar-refractivity contribution in [3.8, 4) is 0 Å². The predicted octanol–water partition coefficient (Wildman–Crippen LogP) is 4.66. The summed E-state index contributed by atoms with van der Waals surface area (Å²) in [5, 5.41) is 0. The van der Waals surface area contributed by atoms with Gasteiger partial charge in [-0.05, 0) is 24.6 Å². The van der Waals surface area contributed by atoms with E-state index in [0.29, 0.717) is 0 Å². The normalized spacial score (nSPS) is 6.50. The highest BCUT2D eigenvalue weighted by molar-refractivity contribution is 5.39. The van der Waals surface area contributed by atoms with Gasteiger partial charge in [0.25, 0.3) is 0 Å². The third kappa shape index (κ3) is 13.6. The Hall–Kier alpha value is -0.980. The van der Waals surface area contributed by atoms with Crippen molar-refractivity contribution in [2.45, 2.75) is 48.5 Å². The standard InChI is InChI=1S/C7H9N.3C2H6/c1-6-3-2-4-7(8)5-6;3*1-2/h2-5H,8H2,1H3;3*1-2H3. The van der Waals surface area contributed by atoms with Crippen LogP contribution < -0.4 is 5.73 Å². The summed E-state index contributed by atoms with van der Waals surface area (Å²) in [6.45, 7) is 14.0. The molecule has 0 aliphatic heterocycles. The molecular weight excluding hydrogens is 170 g/mol. The van der Waals surface area contributed by atoms with Gasteiger partial charge in [-0.2, -0.15) is 0 Å². The topological polar surface area (TPSA) is 26.0 Å². The van der Waals surface area contributed by atoms with Crippen LogP contribution in [0.2, 0.25) is 0 Å². The summed E-state index contributed by atoms with van der Waals surface area (Å²) in [6.07, 6.45) is 0. The highest BCUT2D eigenvalue weighted by Gasteiger charge is 1.81. The summed E-state index contributed by atoms with van der Waals surface area (Å²) in [7, 11) is 0. The molecule has 0 aliphatic rings. The van der Waals surface area contributed by atoms with E-state index in [9.17, 15) is 0 Å². The molecule has 1 aromatic carbocycles. The summed E-state index contributed by atoms with van der Waals surface area (Å²) in [5.74, 6) is 0. The van der Waals surface area contributed by atoms with Crippen molar-refractivity contribution in [3.63, 3.8) is 0 Å². The molecule has 2 N–H and O–H groups in total. The van der Waals surface area contributed by atoms with E-state index in [1.54, 1.807) is 0 Å². The fraction of sp³-hybridized carbons (Fsp3) is 0.538. The second-order valence-electron chi connectivity index (χ2n) is 1.91. The maximum atomic E-state index is 5.46. The molecule has 0 spiro atoms. The Bertz CT molecular complexity index is 165. The molecule has 84 valence electrons. The van der Waals surface area contributed by atoms with Crippen molar-refractivity contribution < 1.29 is 0 Å². The van der Waals surface area contributed by atoms with Gasteiger partial charge in [-0.25, -0.2) is 0 Å². The van der Waals surface area contributed by atoms with Crippen LogP contribution in [-0.4, -0.2) is 0 Å². The quantitative estimate of drug-likeness (QED) is 0.602. The number of rotatable bonds is 0. The van der Waals surface area contributed by atoms with E-state index < -0.39 is 0 Å². The molecule has 0 atom stereocenters. The van der Waals surface area contributed by atoms with Crippen molar-refractivity contribution >= 4 is 5.69 Å². The monoisotopic (exact) mass is 197 g/mol. The molecule has 1 nitrogen and oxygen atoms in total. The van der Waals surface area contributed by atoms with Crippen molar-refractivity contribution in [1.29, 1.82) is 0 Å². The van der Waals surface area contributed by atoms with Crippen LogP contribution in [0.15, 0.2) is 24.3 Å². The van der Waals surface area contributed by atoms with E-state index in [-0.39, 0.29) is 0 Å². The third-order valence-corrected chi connectivity index (χ3v) is 1.04. The molecule has 0 fully saturated rings. The molecule has 0 saturated heterocycles. The molecule has 1 rings (SSSR count). The molecule has 0 amide bonds. The minimum absolute atomic E-state index is 0.838. The fourth-order valence-corrected chi connectivity index (χ4v) is 0.670. The Morgan fingerprint density at radius 3 is 1.50 bits per heavy atom. The van der Waals surface area contributed by atoms with E-state index >= 15 is 0 Å². The van der Waals surface area contributed by atoms with Gasteiger partial charge in [-0.1, -0.05) is 53.7 Å². The Balaban J connectivity index is -0.000000174. The van der Waals surface area contributed by atoms with Gasteiger partial charge in [0.2, 0.25) is 0 Å². The Morgan fingerprint density at radius 2 is 1.29 bits per heavy atom. The van der Waals surface area contributed by atoms with Crippen molar-refractivity contribution in [2.75, 3.05) is 5.73 Å². The van der Waals surface area contributed by atoms with Gasteiger partial charge in [-0.3, -0.25) is 0 Å². The molecule has 0 aromatic heterocycles. The summed E-state index contributed by atoms with van der Waals surface area (Å²) >= 11 is 0. The third-order valence-electron chi connectivity index (χ3n) is 1.04. The lowest BCUT2D eigenvalue weighted by molar-refractivity contribution is 1.47. The number of aryl methyl sites for hydroxylation is 1. The van der Waals surface area contributed by atoms with E-state index in [0.717, 1.165) is 5.69 Å². The second-order valence-corrected chi connectivity index (χ2v) is 1.91. The van der Waals surface area contributed by atoms with E-state index in [4.69, 9.17) is 5.73 Å². The van der Waals surface area contributed by atoms with Crippen molar-refractivity contribution in [3.05, 3.63) is 29.8 Å². The summed E-state index contributed by atoms with van der Waals surface area (Å²) in [6, 6.07) is 7.80. The maximum absolute atomic E-state index is 5.46. The zero-order chi connectivity index (χ0) is 12.0. The molecular formula is C13H27N. The van der Waals surface area contributed by atoms with E-state index in [1.807, 2.05) is 72.7 Å².